The summed E-state index contributed by atoms with van der Waals surface area (Å²) in [5.41, 5.74) is 0. The number of ether oxygens (including phenoxy) is 1. The van der Waals surface area contributed by atoms with Crippen LogP contribution in [-0.2, 0) is 18.3 Å². The molecule has 1 saturated heterocycles. The molecule has 8 heteroatoms. The molecule has 23 heavy (non-hydrogen) atoms. The molecule has 0 bridgehead atoms. The van der Waals surface area contributed by atoms with Crippen molar-refractivity contribution in [2.45, 2.75) is 51.8 Å². The van der Waals surface area contributed by atoms with Gasteiger partial charge in [-0.2, -0.15) is 0 Å². The molecule has 1 saturated carbocycles. The molecule has 2 N–H and O–H groups in total. The van der Waals surface area contributed by atoms with Gasteiger partial charge in [0.25, 0.3) is 0 Å². The van der Waals surface area contributed by atoms with Crippen LogP contribution in [0.25, 0.3) is 0 Å². The largest absolute Gasteiger partial charge is 0.376 e. The zero-order valence-electron chi connectivity index (χ0n) is 14.1. The van der Waals surface area contributed by atoms with Gasteiger partial charge in [-0.25, -0.2) is 4.99 Å². The number of aromatic nitrogens is 3. The Morgan fingerprint density at radius 3 is 2.78 bits per heavy atom. The molecular formula is C15H27IN6O. The van der Waals surface area contributed by atoms with Gasteiger partial charge >= 0.3 is 0 Å². The Morgan fingerprint density at radius 1 is 1.43 bits per heavy atom. The Balaban J connectivity index is 0.00000192. The Kier molecular flexibility index (Phi) is 6.63. The summed E-state index contributed by atoms with van der Waals surface area (Å²) in [4.78, 5) is 4.66. The summed E-state index contributed by atoms with van der Waals surface area (Å²) in [6.07, 6.45) is 3.80. The first kappa shape index (κ1) is 18.4. The summed E-state index contributed by atoms with van der Waals surface area (Å²) in [6, 6.07) is 0.539. The lowest BCUT2D eigenvalue weighted by Gasteiger charge is -2.15. The van der Waals surface area contributed by atoms with Crippen molar-refractivity contribution in [3.63, 3.8) is 0 Å². The molecule has 2 aliphatic rings. The minimum atomic E-state index is 0. The van der Waals surface area contributed by atoms with Crippen LogP contribution in [0.4, 0.5) is 0 Å². The monoisotopic (exact) mass is 434 g/mol. The van der Waals surface area contributed by atoms with Crippen LogP contribution < -0.4 is 10.6 Å². The van der Waals surface area contributed by atoms with Crippen LogP contribution in [0.1, 0.15) is 37.8 Å². The van der Waals surface area contributed by atoms with E-state index in [1.165, 1.54) is 6.42 Å². The van der Waals surface area contributed by atoms with Crippen LogP contribution in [0, 0.1) is 12.8 Å². The average Bonchev–Trinajstić information content (AvgIpc) is 2.91. The number of rotatable bonds is 5. The average molecular weight is 434 g/mol. The van der Waals surface area contributed by atoms with Crippen LogP contribution in [-0.4, -0.2) is 46.0 Å². The summed E-state index contributed by atoms with van der Waals surface area (Å²) in [5, 5.41) is 15.1. The minimum absolute atomic E-state index is 0. The summed E-state index contributed by atoms with van der Waals surface area (Å²) in [7, 11) is 1.97. The smallest absolute Gasteiger partial charge is 0.192 e. The van der Waals surface area contributed by atoms with Crippen molar-refractivity contribution >= 4 is 29.9 Å². The predicted molar refractivity (Wildman–Crippen MR) is 100.0 cm³/mol. The number of aryl methyl sites for hydroxylation is 1. The van der Waals surface area contributed by atoms with E-state index in [9.17, 15) is 0 Å². The fourth-order valence-corrected chi connectivity index (χ4v) is 2.61. The van der Waals surface area contributed by atoms with Gasteiger partial charge in [0.1, 0.15) is 12.4 Å². The van der Waals surface area contributed by atoms with Crippen molar-refractivity contribution in [1.29, 1.82) is 0 Å². The normalized spacial score (nSPS) is 26.7. The Hall–Kier alpha value is -0.900. The molecule has 1 aliphatic heterocycles. The third-order valence-electron chi connectivity index (χ3n) is 4.51. The molecule has 0 radical (unpaired) electrons. The number of nitrogens with zero attached hydrogens (tertiary/aromatic N) is 4. The first-order chi connectivity index (χ1) is 10.6. The van der Waals surface area contributed by atoms with E-state index >= 15 is 0 Å². The lowest BCUT2D eigenvalue weighted by Crippen LogP contribution is -2.42. The number of halogens is 1. The lowest BCUT2D eigenvalue weighted by atomic mass is 10.2. The molecule has 7 nitrogen and oxygen atoms in total. The van der Waals surface area contributed by atoms with E-state index in [-0.39, 0.29) is 24.0 Å². The van der Waals surface area contributed by atoms with Crippen molar-refractivity contribution in [1.82, 2.24) is 25.4 Å². The van der Waals surface area contributed by atoms with Gasteiger partial charge in [-0.15, -0.1) is 34.2 Å². The van der Waals surface area contributed by atoms with E-state index in [1.54, 1.807) is 0 Å². The van der Waals surface area contributed by atoms with Crippen molar-refractivity contribution in [2.24, 2.45) is 18.0 Å². The van der Waals surface area contributed by atoms with E-state index in [0.717, 1.165) is 49.5 Å². The van der Waals surface area contributed by atoms with Crippen LogP contribution in [0.15, 0.2) is 4.99 Å². The second-order valence-corrected chi connectivity index (χ2v) is 6.37. The summed E-state index contributed by atoms with van der Waals surface area (Å²) >= 11 is 0. The molecule has 1 aliphatic carbocycles. The van der Waals surface area contributed by atoms with E-state index in [4.69, 9.17) is 4.74 Å². The van der Waals surface area contributed by atoms with Gasteiger partial charge in [-0.05, 0) is 32.1 Å². The highest BCUT2D eigenvalue weighted by molar-refractivity contribution is 14.0. The van der Waals surface area contributed by atoms with Crippen LogP contribution >= 0.6 is 24.0 Å². The van der Waals surface area contributed by atoms with Gasteiger partial charge in [0.05, 0.1) is 6.10 Å². The summed E-state index contributed by atoms with van der Waals surface area (Å²) in [5.74, 6) is 3.36. The fourth-order valence-electron chi connectivity index (χ4n) is 2.61. The highest BCUT2D eigenvalue weighted by atomic mass is 127. The number of hydrogen-bond acceptors (Lipinski definition) is 4. The van der Waals surface area contributed by atoms with Gasteiger partial charge in [-0.3, -0.25) is 0 Å². The predicted octanol–water partition coefficient (Wildman–Crippen LogP) is 1.36. The van der Waals surface area contributed by atoms with Gasteiger partial charge in [0.2, 0.25) is 0 Å². The Labute approximate surface area is 154 Å². The molecule has 0 amide bonds. The lowest BCUT2D eigenvalue weighted by molar-refractivity contribution is 0.113. The number of hydrogen-bond donors (Lipinski definition) is 2. The van der Waals surface area contributed by atoms with E-state index in [1.807, 2.05) is 18.5 Å². The molecule has 0 spiro atoms. The zero-order valence-corrected chi connectivity index (χ0v) is 16.4. The highest BCUT2D eigenvalue weighted by Gasteiger charge is 2.33. The van der Waals surface area contributed by atoms with Gasteiger partial charge in [0.15, 0.2) is 11.8 Å². The second-order valence-electron chi connectivity index (χ2n) is 6.37. The zero-order chi connectivity index (χ0) is 15.5. The van der Waals surface area contributed by atoms with Crippen LogP contribution in [0.3, 0.4) is 0 Å². The van der Waals surface area contributed by atoms with E-state index in [0.29, 0.717) is 18.7 Å². The number of aliphatic imine (C=N–C) groups is 1. The summed E-state index contributed by atoms with van der Waals surface area (Å²) in [6.45, 7) is 6.41. The first-order valence-corrected chi connectivity index (χ1v) is 8.15. The van der Waals surface area contributed by atoms with Crippen molar-refractivity contribution in [2.75, 3.05) is 13.2 Å². The minimum Gasteiger partial charge on any atom is -0.376 e. The third-order valence-corrected chi connectivity index (χ3v) is 4.51. The SMILES string of the molecule is Cc1nnc(CN=C(NCC2CCCO2)NC2CC2C)n1C.I. The van der Waals surface area contributed by atoms with Gasteiger partial charge in [0, 0.05) is 26.2 Å². The standard InChI is InChI=1S/C15H26N6O.HI/c1-10-7-13(10)18-15(16-8-12-5-4-6-22-12)17-9-14-20-19-11(2)21(14)3;/h10,12-13H,4-9H2,1-3H3,(H2,16,17,18);1H. The molecule has 2 fully saturated rings. The number of guanidine groups is 1. The molecule has 3 rings (SSSR count). The van der Waals surface area contributed by atoms with E-state index in [2.05, 4.69) is 32.7 Å². The topological polar surface area (TPSA) is 76.4 Å². The van der Waals surface area contributed by atoms with Crippen molar-refractivity contribution < 1.29 is 4.74 Å². The number of nitrogens with one attached hydrogen (secondary N) is 2. The van der Waals surface area contributed by atoms with Crippen LogP contribution in [0.2, 0.25) is 0 Å². The van der Waals surface area contributed by atoms with Gasteiger partial charge in [-0.1, -0.05) is 6.92 Å². The summed E-state index contributed by atoms with van der Waals surface area (Å²) < 4.78 is 7.63. The molecule has 2 heterocycles. The maximum Gasteiger partial charge on any atom is 0.192 e. The van der Waals surface area contributed by atoms with E-state index < -0.39 is 0 Å². The molecule has 3 unspecified atom stereocenters. The Morgan fingerprint density at radius 2 is 2.22 bits per heavy atom. The molecule has 130 valence electrons. The van der Waals surface area contributed by atoms with Crippen molar-refractivity contribution in [3.05, 3.63) is 11.6 Å². The molecular weight excluding hydrogens is 407 g/mol. The fraction of sp³-hybridized carbons (Fsp3) is 0.800. The first-order valence-electron chi connectivity index (χ1n) is 8.15. The van der Waals surface area contributed by atoms with Gasteiger partial charge < -0.3 is 19.9 Å². The maximum atomic E-state index is 5.66. The molecule has 3 atom stereocenters. The quantitative estimate of drug-likeness (QED) is 0.416. The van der Waals surface area contributed by atoms with Crippen molar-refractivity contribution in [3.8, 4) is 0 Å². The third kappa shape index (κ3) is 5.03. The highest BCUT2D eigenvalue weighted by Crippen LogP contribution is 2.28. The molecule has 1 aromatic rings. The second kappa shape index (κ2) is 8.27. The molecule has 0 aromatic carbocycles. The Bertz CT molecular complexity index is 540. The maximum absolute atomic E-state index is 5.66. The molecule has 1 aromatic heterocycles. The van der Waals surface area contributed by atoms with Crippen LogP contribution in [0.5, 0.6) is 0 Å².